The lowest BCUT2D eigenvalue weighted by molar-refractivity contribution is -0.123. The highest BCUT2D eigenvalue weighted by Crippen LogP contribution is 2.32. The SMILES string of the molecule is COc1ccc(-c2noc(-c3ccc(OCC(=O)NCc4ccc5c(c4)OCO5)cc3)n2)cc1. The van der Waals surface area contributed by atoms with E-state index in [0.29, 0.717) is 35.5 Å². The van der Waals surface area contributed by atoms with Crippen LogP contribution < -0.4 is 24.3 Å². The highest BCUT2D eigenvalue weighted by atomic mass is 16.7. The lowest BCUT2D eigenvalue weighted by Gasteiger charge is -2.08. The molecule has 3 aromatic carbocycles. The van der Waals surface area contributed by atoms with Crippen molar-refractivity contribution in [2.45, 2.75) is 6.54 Å². The highest BCUT2D eigenvalue weighted by molar-refractivity contribution is 5.77. The van der Waals surface area contributed by atoms with E-state index < -0.39 is 0 Å². The first-order chi connectivity index (χ1) is 16.7. The van der Waals surface area contributed by atoms with Gasteiger partial charge < -0.3 is 28.8 Å². The molecule has 0 spiro atoms. The number of nitrogens with zero attached hydrogens (tertiary/aromatic N) is 2. The molecule has 1 aliphatic heterocycles. The predicted molar refractivity (Wildman–Crippen MR) is 122 cm³/mol. The van der Waals surface area contributed by atoms with E-state index in [4.69, 9.17) is 23.5 Å². The van der Waals surface area contributed by atoms with Crippen molar-refractivity contribution >= 4 is 5.91 Å². The van der Waals surface area contributed by atoms with Gasteiger partial charge in [0, 0.05) is 17.7 Å². The number of ether oxygens (including phenoxy) is 4. The molecular formula is C25H21N3O6. The number of nitrogens with one attached hydrogen (secondary N) is 1. The van der Waals surface area contributed by atoms with Crippen LogP contribution in [-0.4, -0.2) is 36.6 Å². The van der Waals surface area contributed by atoms with Crippen molar-refractivity contribution in [1.82, 2.24) is 15.5 Å². The van der Waals surface area contributed by atoms with Crippen molar-refractivity contribution in [3.63, 3.8) is 0 Å². The zero-order chi connectivity index (χ0) is 23.3. The van der Waals surface area contributed by atoms with Gasteiger partial charge in [0.15, 0.2) is 18.1 Å². The van der Waals surface area contributed by atoms with Gasteiger partial charge in [-0.3, -0.25) is 4.79 Å². The standard InChI is InChI=1S/C25H21N3O6/c1-30-19-7-3-17(4-8-19)24-27-25(34-28-24)18-5-9-20(10-6-18)31-14-23(29)26-13-16-2-11-21-22(12-16)33-15-32-21/h2-12H,13-15H2,1H3,(H,26,29). The van der Waals surface area contributed by atoms with Crippen LogP contribution in [0.2, 0.25) is 0 Å². The van der Waals surface area contributed by atoms with E-state index in [1.807, 2.05) is 42.5 Å². The van der Waals surface area contributed by atoms with Crippen molar-refractivity contribution in [3.05, 3.63) is 72.3 Å². The maximum absolute atomic E-state index is 12.2. The first kappa shape index (κ1) is 21.3. The Bertz CT molecular complexity index is 1290. The van der Waals surface area contributed by atoms with Gasteiger partial charge >= 0.3 is 0 Å². The Morgan fingerprint density at radius 1 is 0.941 bits per heavy atom. The maximum atomic E-state index is 12.2. The first-order valence-corrected chi connectivity index (χ1v) is 10.5. The largest absolute Gasteiger partial charge is 0.497 e. The molecule has 0 saturated heterocycles. The fraction of sp³-hybridized carbons (Fsp3) is 0.160. The van der Waals surface area contributed by atoms with Gasteiger partial charge in [-0.25, -0.2) is 0 Å². The van der Waals surface area contributed by atoms with Gasteiger partial charge in [0.2, 0.25) is 12.6 Å². The third-order valence-electron chi connectivity index (χ3n) is 5.17. The lowest BCUT2D eigenvalue weighted by Crippen LogP contribution is -2.28. The van der Waals surface area contributed by atoms with Gasteiger partial charge in [-0.15, -0.1) is 0 Å². The van der Waals surface area contributed by atoms with Crippen LogP contribution in [0, 0.1) is 0 Å². The molecule has 1 N–H and O–H groups in total. The molecule has 4 aromatic rings. The summed E-state index contributed by atoms with van der Waals surface area (Å²) in [5.74, 6) is 3.33. The van der Waals surface area contributed by atoms with Crippen LogP contribution in [0.1, 0.15) is 5.56 Å². The summed E-state index contributed by atoms with van der Waals surface area (Å²) < 4.78 is 26.8. The van der Waals surface area contributed by atoms with Gasteiger partial charge in [0.25, 0.3) is 11.8 Å². The monoisotopic (exact) mass is 459 g/mol. The van der Waals surface area contributed by atoms with Crippen LogP contribution in [0.15, 0.2) is 71.3 Å². The quantitative estimate of drug-likeness (QED) is 0.424. The van der Waals surface area contributed by atoms with E-state index >= 15 is 0 Å². The molecule has 9 nitrogen and oxygen atoms in total. The minimum atomic E-state index is -0.234. The maximum Gasteiger partial charge on any atom is 0.258 e. The number of aromatic nitrogens is 2. The smallest absolute Gasteiger partial charge is 0.258 e. The Balaban J connectivity index is 1.13. The zero-order valence-electron chi connectivity index (χ0n) is 18.3. The number of amides is 1. The molecule has 0 bridgehead atoms. The molecule has 0 radical (unpaired) electrons. The van der Waals surface area contributed by atoms with Gasteiger partial charge in [-0.05, 0) is 66.2 Å². The second kappa shape index (κ2) is 9.53. The van der Waals surface area contributed by atoms with E-state index in [2.05, 4.69) is 15.5 Å². The summed E-state index contributed by atoms with van der Waals surface area (Å²) in [6.07, 6.45) is 0. The summed E-state index contributed by atoms with van der Waals surface area (Å²) in [7, 11) is 1.61. The summed E-state index contributed by atoms with van der Waals surface area (Å²) in [5.41, 5.74) is 2.48. The Labute approximate surface area is 195 Å². The predicted octanol–water partition coefficient (Wildman–Crippen LogP) is 3.84. The van der Waals surface area contributed by atoms with E-state index in [1.165, 1.54) is 0 Å². The van der Waals surface area contributed by atoms with E-state index in [0.717, 1.165) is 22.4 Å². The van der Waals surface area contributed by atoms with Crippen LogP contribution in [0.5, 0.6) is 23.0 Å². The number of carbonyl (C=O) groups excluding carboxylic acids is 1. The zero-order valence-corrected chi connectivity index (χ0v) is 18.3. The summed E-state index contributed by atoms with van der Waals surface area (Å²) in [6, 6.07) is 20.0. The normalized spacial score (nSPS) is 11.8. The second-order valence-corrected chi connectivity index (χ2v) is 7.43. The van der Waals surface area contributed by atoms with Crippen LogP contribution in [0.4, 0.5) is 0 Å². The van der Waals surface area contributed by atoms with E-state index in [-0.39, 0.29) is 19.3 Å². The fourth-order valence-electron chi connectivity index (χ4n) is 3.34. The van der Waals surface area contributed by atoms with Gasteiger partial charge in [0.1, 0.15) is 11.5 Å². The summed E-state index contributed by atoms with van der Waals surface area (Å²) in [6.45, 7) is 0.478. The van der Waals surface area contributed by atoms with Crippen LogP contribution >= 0.6 is 0 Å². The molecule has 5 rings (SSSR count). The van der Waals surface area contributed by atoms with Gasteiger partial charge in [0.05, 0.1) is 7.11 Å². The minimum absolute atomic E-state index is 0.105. The molecule has 34 heavy (non-hydrogen) atoms. The molecule has 0 aliphatic carbocycles. The van der Waals surface area contributed by atoms with Gasteiger partial charge in [-0.1, -0.05) is 11.2 Å². The number of benzene rings is 3. The highest BCUT2D eigenvalue weighted by Gasteiger charge is 2.14. The second-order valence-electron chi connectivity index (χ2n) is 7.43. The summed E-state index contributed by atoms with van der Waals surface area (Å²) in [5, 5.41) is 6.86. The van der Waals surface area contributed by atoms with E-state index in [1.54, 1.807) is 31.4 Å². The molecule has 9 heteroatoms. The van der Waals surface area contributed by atoms with Crippen molar-refractivity contribution in [3.8, 4) is 45.8 Å². The number of fused-ring (bicyclic) bond motifs is 1. The molecule has 0 atom stereocenters. The third-order valence-corrected chi connectivity index (χ3v) is 5.17. The Morgan fingerprint density at radius 3 is 2.47 bits per heavy atom. The molecule has 1 aromatic heterocycles. The summed E-state index contributed by atoms with van der Waals surface area (Å²) >= 11 is 0. The van der Waals surface area contributed by atoms with Crippen molar-refractivity contribution in [1.29, 1.82) is 0 Å². The van der Waals surface area contributed by atoms with Crippen LogP contribution in [-0.2, 0) is 11.3 Å². The Kier molecular flexibility index (Phi) is 5.98. The average molecular weight is 459 g/mol. The van der Waals surface area contributed by atoms with Crippen molar-refractivity contribution in [2.75, 3.05) is 20.5 Å². The fourth-order valence-corrected chi connectivity index (χ4v) is 3.34. The molecule has 1 amide bonds. The molecular weight excluding hydrogens is 438 g/mol. The Morgan fingerprint density at radius 2 is 1.68 bits per heavy atom. The number of rotatable bonds is 8. The lowest BCUT2D eigenvalue weighted by atomic mass is 10.2. The molecule has 172 valence electrons. The summed E-state index contributed by atoms with van der Waals surface area (Å²) in [4.78, 5) is 16.6. The average Bonchev–Trinajstić information content (AvgIpc) is 3.56. The number of hydrogen-bond acceptors (Lipinski definition) is 8. The molecule has 2 heterocycles. The van der Waals surface area contributed by atoms with E-state index in [9.17, 15) is 4.79 Å². The number of hydrogen-bond donors (Lipinski definition) is 1. The van der Waals surface area contributed by atoms with Crippen LogP contribution in [0.25, 0.3) is 22.8 Å². The van der Waals surface area contributed by atoms with Crippen molar-refractivity contribution in [2.24, 2.45) is 0 Å². The van der Waals surface area contributed by atoms with Crippen molar-refractivity contribution < 1.29 is 28.3 Å². The molecule has 0 fully saturated rings. The van der Waals surface area contributed by atoms with Gasteiger partial charge in [-0.2, -0.15) is 4.98 Å². The Hall–Kier alpha value is -4.53. The number of carbonyl (C=O) groups is 1. The third kappa shape index (κ3) is 4.78. The molecule has 0 unspecified atom stereocenters. The molecule has 0 saturated carbocycles. The molecule has 1 aliphatic rings. The number of methoxy groups -OCH3 is 1. The minimum Gasteiger partial charge on any atom is -0.497 e. The topological polar surface area (TPSA) is 105 Å². The van der Waals surface area contributed by atoms with Crippen LogP contribution in [0.3, 0.4) is 0 Å². The first-order valence-electron chi connectivity index (χ1n) is 10.5.